The van der Waals surface area contributed by atoms with Crippen LogP contribution < -0.4 is 4.90 Å². The Morgan fingerprint density at radius 2 is 2.41 bits per heavy atom. The third-order valence-electron chi connectivity index (χ3n) is 3.08. The molecule has 0 spiro atoms. The minimum absolute atomic E-state index is 0.0936. The molecule has 3 heterocycles. The molecule has 1 aliphatic rings. The van der Waals surface area contributed by atoms with E-state index in [0.717, 1.165) is 11.0 Å². The minimum atomic E-state index is 0.0936. The Kier molecular flexibility index (Phi) is 2.18. The average molecular weight is 228 g/mol. The van der Waals surface area contributed by atoms with Gasteiger partial charge < -0.3 is 4.98 Å². The largest absolute Gasteiger partial charge is 0.346 e. The van der Waals surface area contributed by atoms with Crippen molar-refractivity contribution in [3.63, 3.8) is 0 Å². The number of aromatic amines is 1. The molecular formula is C12H12N4O. The molecule has 0 saturated carbocycles. The van der Waals surface area contributed by atoms with E-state index in [1.165, 1.54) is 6.33 Å². The lowest BCUT2D eigenvalue weighted by molar-refractivity contribution is -0.117. The highest BCUT2D eigenvalue weighted by Gasteiger charge is 2.30. The van der Waals surface area contributed by atoms with Crippen molar-refractivity contribution in [1.29, 1.82) is 0 Å². The Hall–Kier alpha value is -2.17. The summed E-state index contributed by atoms with van der Waals surface area (Å²) in [5.74, 6) is 0.994. The van der Waals surface area contributed by atoms with Gasteiger partial charge >= 0.3 is 0 Å². The van der Waals surface area contributed by atoms with Crippen LogP contribution in [0.5, 0.6) is 0 Å². The molecule has 5 heteroatoms. The van der Waals surface area contributed by atoms with Crippen molar-refractivity contribution in [2.45, 2.75) is 6.42 Å². The van der Waals surface area contributed by atoms with Gasteiger partial charge in [0.1, 0.15) is 17.8 Å². The first-order valence-corrected chi connectivity index (χ1v) is 5.50. The van der Waals surface area contributed by atoms with Crippen LogP contribution in [0.15, 0.2) is 31.2 Å². The highest BCUT2D eigenvalue weighted by molar-refractivity contribution is 6.01. The topological polar surface area (TPSA) is 61.9 Å². The second kappa shape index (κ2) is 3.69. The Morgan fingerprint density at radius 1 is 1.53 bits per heavy atom. The number of nitrogens with one attached hydrogen (secondary N) is 1. The van der Waals surface area contributed by atoms with Crippen LogP contribution in [0.25, 0.3) is 11.0 Å². The van der Waals surface area contributed by atoms with Crippen LogP contribution >= 0.6 is 0 Å². The first-order chi connectivity index (χ1) is 8.29. The van der Waals surface area contributed by atoms with Crippen LogP contribution in [0.2, 0.25) is 0 Å². The molecule has 1 amide bonds. The summed E-state index contributed by atoms with van der Waals surface area (Å²) in [5, 5.41) is 0.880. The molecule has 2 aromatic heterocycles. The van der Waals surface area contributed by atoms with Gasteiger partial charge in [0.25, 0.3) is 0 Å². The van der Waals surface area contributed by atoms with Crippen LogP contribution in [0.3, 0.4) is 0 Å². The van der Waals surface area contributed by atoms with Gasteiger partial charge in [-0.2, -0.15) is 0 Å². The van der Waals surface area contributed by atoms with Crippen molar-refractivity contribution in [1.82, 2.24) is 15.0 Å². The maximum Gasteiger partial charge on any atom is 0.228 e. The zero-order valence-corrected chi connectivity index (χ0v) is 9.26. The van der Waals surface area contributed by atoms with E-state index < -0.39 is 0 Å². The Balaban J connectivity index is 2.07. The van der Waals surface area contributed by atoms with Gasteiger partial charge in [0.2, 0.25) is 5.91 Å². The summed E-state index contributed by atoms with van der Waals surface area (Å²) in [6.45, 7) is 4.39. The summed E-state index contributed by atoms with van der Waals surface area (Å²) in [6, 6.07) is 1.89. The fourth-order valence-electron chi connectivity index (χ4n) is 2.17. The molecule has 0 radical (unpaired) electrons. The number of hydrogen-bond acceptors (Lipinski definition) is 3. The lowest BCUT2D eigenvalue weighted by Gasteiger charge is -2.15. The van der Waals surface area contributed by atoms with Crippen LogP contribution in [0.1, 0.15) is 6.42 Å². The van der Waals surface area contributed by atoms with Gasteiger partial charge in [0.05, 0.1) is 5.39 Å². The van der Waals surface area contributed by atoms with E-state index in [2.05, 4.69) is 21.5 Å². The molecule has 1 fully saturated rings. The molecular weight excluding hydrogens is 216 g/mol. The third kappa shape index (κ3) is 1.51. The van der Waals surface area contributed by atoms with E-state index in [4.69, 9.17) is 0 Å². The molecule has 0 aromatic carbocycles. The predicted molar refractivity (Wildman–Crippen MR) is 64.5 cm³/mol. The van der Waals surface area contributed by atoms with Crippen LogP contribution in [-0.4, -0.2) is 27.4 Å². The number of nitrogens with zero attached hydrogens (tertiary/aromatic N) is 3. The van der Waals surface area contributed by atoms with E-state index in [1.807, 2.05) is 12.1 Å². The molecule has 86 valence electrons. The fourth-order valence-corrected chi connectivity index (χ4v) is 2.17. The van der Waals surface area contributed by atoms with E-state index >= 15 is 0 Å². The molecule has 1 N–H and O–H groups in total. The first-order valence-electron chi connectivity index (χ1n) is 5.50. The van der Waals surface area contributed by atoms with Crippen LogP contribution in [0, 0.1) is 5.92 Å². The van der Waals surface area contributed by atoms with E-state index in [-0.39, 0.29) is 11.8 Å². The quantitative estimate of drug-likeness (QED) is 0.792. The predicted octanol–water partition coefficient (Wildman–Crippen LogP) is 1.50. The number of anilines is 1. The maximum atomic E-state index is 11.9. The normalized spacial score (nSPS) is 20.1. The number of carbonyl (C=O) groups excluding carboxylic acids is 1. The third-order valence-corrected chi connectivity index (χ3v) is 3.08. The number of amides is 1. The SMILES string of the molecule is C=CC1CC(=O)N(c2ncnc3[nH]ccc23)C1. The fraction of sp³-hybridized carbons (Fsp3) is 0.250. The van der Waals surface area contributed by atoms with Gasteiger partial charge in [-0.25, -0.2) is 9.97 Å². The molecule has 1 atom stereocenters. The molecule has 0 bridgehead atoms. The molecule has 1 aliphatic heterocycles. The lowest BCUT2D eigenvalue weighted by atomic mass is 10.1. The van der Waals surface area contributed by atoms with E-state index in [0.29, 0.717) is 18.8 Å². The van der Waals surface area contributed by atoms with Crippen LogP contribution in [0.4, 0.5) is 5.82 Å². The van der Waals surface area contributed by atoms with Crippen molar-refractivity contribution < 1.29 is 4.79 Å². The Labute approximate surface area is 98.2 Å². The van der Waals surface area contributed by atoms with Crippen molar-refractivity contribution in [3.8, 4) is 0 Å². The summed E-state index contributed by atoms with van der Waals surface area (Å²) in [5.41, 5.74) is 0.754. The first kappa shape index (κ1) is 10.0. The van der Waals surface area contributed by atoms with Gasteiger partial charge in [-0.05, 0) is 6.07 Å². The molecule has 0 aliphatic carbocycles. The number of H-pyrrole nitrogens is 1. The molecule has 2 aromatic rings. The van der Waals surface area contributed by atoms with Gasteiger partial charge in [0, 0.05) is 25.1 Å². The summed E-state index contributed by atoms with van der Waals surface area (Å²) in [4.78, 5) is 25.0. The molecule has 5 nitrogen and oxygen atoms in total. The number of rotatable bonds is 2. The molecule has 1 unspecified atom stereocenters. The molecule has 17 heavy (non-hydrogen) atoms. The lowest BCUT2D eigenvalue weighted by Crippen LogP contribution is -2.25. The summed E-state index contributed by atoms with van der Waals surface area (Å²) in [6.07, 6.45) is 5.61. The summed E-state index contributed by atoms with van der Waals surface area (Å²) in [7, 11) is 0. The number of aromatic nitrogens is 3. The van der Waals surface area contributed by atoms with Crippen molar-refractivity contribution in [2.24, 2.45) is 5.92 Å². The number of fused-ring (bicyclic) bond motifs is 1. The van der Waals surface area contributed by atoms with E-state index in [9.17, 15) is 4.79 Å². The van der Waals surface area contributed by atoms with Gasteiger partial charge in [-0.15, -0.1) is 6.58 Å². The second-order valence-electron chi connectivity index (χ2n) is 4.14. The summed E-state index contributed by atoms with van der Waals surface area (Å²) < 4.78 is 0. The monoisotopic (exact) mass is 228 g/mol. The van der Waals surface area contributed by atoms with Gasteiger partial charge in [0.15, 0.2) is 0 Å². The number of carbonyl (C=O) groups is 1. The Morgan fingerprint density at radius 3 is 3.18 bits per heavy atom. The average Bonchev–Trinajstić information content (AvgIpc) is 2.94. The molecule has 3 rings (SSSR count). The highest BCUT2D eigenvalue weighted by Crippen LogP contribution is 2.28. The maximum absolute atomic E-state index is 11.9. The van der Waals surface area contributed by atoms with Crippen molar-refractivity contribution >= 4 is 22.8 Å². The standard InChI is InChI=1S/C12H12N4O/c1-2-8-5-10(17)16(6-8)12-9-3-4-13-11(9)14-7-15-12/h2-4,7-8H,1,5-6H2,(H,13,14,15). The zero-order valence-electron chi connectivity index (χ0n) is 9.26. The zero-order chi connectivity index (χ0) is 11.8. The van der Waals surface area contributed by atoms with Crippen molar-refractivity contribution in [2.75, 3.05) is 11.4 Å². The van der Waals surface area contributed by atoms with Crippen molar-refractivity contribution in [3.05, 3.63) is 31.2 Å². The van der Waals surface area contributed by atoms with Gasteiger partial charge in [-0.3, -0.25) is 9.69 Å². The van der Waals surface area contributed by atoms with Gasteiger partial charge in [-0.1, -0.05) is 6.08 Å². The summed E-state index contributed by atoms with van der Waals surface area (Å²) >= 11 is 0. The Bertz CT molecular complexity index is 589. The van der Waals surface area contributed by atoms with E-state index in [1.54, 1.807) is 11.1 Å². The number of hydrogen-bond donors (Lipinski definition) is 1. The minimum Gasteiger partial charge on any atom is -0.346 e. The molecule has 1 saturated heterocycles. The second-order valence-corrected chi connectivity index (χ2v) is 4.14. The highest BCUT2D eigenvalue weighted by atomic mass is 16.2. The van der Waals surface area contributed by atoms with Crippen LogP contribution in [-0.2, 0) is 4.79 Å². The smallest absolute Gasteiger partial charge is 0.228 e.